The number of alkyl halides is 3. The van der Waals surface area contributed by atoms with Crippen molar-refractivity contribution < 1.29 is 13.2 Å². The van der Waals surface area contributed by atoms with Crippen molar-refractivity contribution in [3.8, 4) is 6.07 Å². The fourth-order valence-corrected chi connectivity index (χ4v) is 1.46. The number of rotatable bonds is 1. The zero-order valence-corrected chi connectivity index (χ0v) is 8.15. The summed E-state index contributed by atoms with van der Waals surface area (Å²) in [6.45, 7) is -0.358. The topological polar surface area (TPSA) is 49.8 Å². The molecule has 0 spiro atoms. The average molecular weight is 235 g/mol. The molecule has 0 bridgehead atoms. The molecule has 2 N–H and O–H groups in total. The molecule has 1 aromatic carbocycles. The molecule has 15 heavy (non-hydrogen) atoms. The van der Waals surface area contributed by atoms with E-state index in [0.717, 1.165) is 12.1 Å². The van der Waals surface area contributed by atoms with Gasteiger partial charge in [0.2, 0.25) is 0 Å². The molecule has 0 saturated carbocycles. The third-order valence-electron chi connectivity index (χ3n) is 1.87. The van der Waals surface area contributed by atoms with E-state index in [2.05, 4.69) is 0 Å². The van der Waals surface area contributed by atoms with Crippen LogP contribution in [0.1, 0.15) is 16.7 Å². The molecule has 0 amide bonds. The van der Waals surface area contributed by atoms with E-state index < -0.39 is 11.7 Å². The molecule has 6 heteroatoms. The van der Waals surface area contributed by atoms with Gasteiger partial charge in [-0.05, 0) is 17.7 Å². The molecule has 1 aromatic rings. The predicted octanol–water partition coefficient (Wildman–Crippen LogP) is 2.69. The number of nitriles is 1. The monoisotopic (exact) mass is 234 g/mol. The highest BCUT2D eigenvalue weighted by Crippen LogP contribution is 2.36. The first-order valence-electron chi connectivity index (χ1n) is 3.90. The normalized spacial score (nSPS) is 11.2. The average Bonchev–Trinajstić information content (AvgIpc) is 2.15. The van der Waals surface area contributed by atoms with Gasteiger partial charge in [0.05, 0.1) is 16.1 Å². The van der Waals surface area contributed by atoms with E-state index in [9.17, 15) is 13.2 Å². The van der Waals surface area contributed by atoms with Gasteiger partial charge in [0.15, 0.2) is 0 Å². The summed E-state index contributed by atoms with van der Waals surface area (Å²) >= 11 is 5.62. The maximum atomic E-state index is 12.5. The van der Waals surface area contributed by atoms with Gasteiger partial charge in [0.1, 0.15) is 6.07 Å². The molecule has 0 radical (unpaired) electrons. The van der Waals surface area contributed by atoms with Crippen molar-refractivity contribution in [2.24, 2.45) is 5.73 Å². The van der Waals surface area contributed by atoms with Crippen LogP contribution in [0.4, 0.5) is 13.2 Å². The van der Waals surface area contributed by atoms with Gasteiger partial charge in [-0.1, -0.05) is 11.6 Å². The van der Waals surface area contributed by atoms with Crippen LogP contribution in [0, 0.1) is 11.3 Å². The van der Waals surface area contributed by atoms with Crippen LogP contribution in [-0.2, 0) is 12.7 Å². The maximum Gasteiger partial charge on any atom is 0.416 e. The van der Waals surface area contributed by atoms with Gasteiger partial charge in [-0.3, -0.25) is 0 Å². The minimum atomic E-state index is -4.51. The van der Waals surface area contributed by atoms with E-state index in [4.69, 9.17) is 22.6 Å². The maximum absolute atomic E-state index is 12.5. The highest BCUT2D eigenvalue weighted by atomic mass is 35.5. The molecule has 0 unspecified atom stereocenters. The first kappa shape index (κ1) is 11.8. The van der Waals surface area contributed by atoms with Crippen molar-refractivity contribution in [3.63, 3.8) is 0 Å². The third kappa shape index (κ3) is 2.22. The standard InChI is InChI=1S/C9H6ClF3N2/c10-8-5(3-14)1-2-7(6(8)4-15)9(11,12)13/h1-2H,4,15H2. The lowest BCUT2D eigenvalue weighted by atomic mass is 10.0. The van der Waals surface area contributed by atoms with Crippen LogP contribution in [0.15, 0.2) is 12.1 Å². The van der Waals surface area contributed by atoms with Crippen molar-refractivity contribution in [2.45, 2.75) is 12.7 Å². The molecule has 0 aliphatic carbocycles. The van der Waals surface area contributed by atoms with Crippen molar-refractivity contribution in [2.75, 3.05) is 0 Å². The molecular weight excluding hydrogens is 229 g/mol. The number of nitrogens with two attached hydrogens (primary N) is 1. The Morgan fingerprint density at radius 3 is 2.40 bits per heavy atom. The van der Waals surface area contributed by atoms with Crippen LogP contribution >= 0.6 is 11.6 Å². The zero-order valence-electron chi connectivity index (χ0n) is 7.40. The highest BCUT2D eigenvalue weighted by molar-refractivity contribution is 6.32. The zero-order chi connectivity index (χ0) is 11.6. The molecule has 0 atom stereocenters. The predicted molar refractivity (Wildman–Crippen MR) is 49.1 cm³/mol. The third-order valence-corrected chi connectivity index (χ3v) is 2.30. The lowest BCUT2D eigenvalue weighted by molar-refractivity contribution is -0.138. The van der Waals surface area contributed by atoms with E-state index >= 15 is 0 Å². The quantitative estimate of drug-likeness (QED) is 0.812. The number of nitrogens with zero attached hydrogens (tertiary/aromatic N) is 1. The van der Waals surface area contributed by atoms with Gasteiger partial charge in [-0.15, -0.1) is 0 Å². The Bertz CT molecular complexity index is 421. The van der Waals surface area contributed by atoms with Crippen LogP contribution < -0.4 is 5.73 Å². The summed E-state index contributed by atoms with van der Waals surface area (Å²) in [5.74, 6) is 0. The van der Waals surface area contributed by atoms with Crippen molar-refractivity contribution >= 4 is 11.6 Å². The van der Waals surface area contributed by atoms with Gasteiger partial charge in [-0.2, -0.15) is 18.4 Å². The number of hydrogen-bond donors (Lipinski definition) is 1. The van der Waals surface area contributed by atoms with E-state index in [1.807, 2.05) is 0 Å². The lowest BCUT2D eigenvalue weighted by Crippen LogP contribution is -2.13. The highest BCUT2D eigenvalue weighted by Gasteiger charge is 2.34. The molecule has 2 nitrogen and oxygen atoms in total. The number of halogens is 4. The van der Waals surface area contributed by atoms with Gasteiger partial charge in [-0.25, -0.2) is 0 Å². The van der Waals surface area contributed by atoms with Crippen LogP contribution in [0.3, 0.4) is 0 Å². The van der Waals surface area contributed by atoms with Gasteiger partial charge in [0.25, 0.3) is 0 Å². The summed E-state index contributed by atoms with van der Waals surface area (Å²) in [7, 11) is 0. The van der Waals surface area contributed by atoms with Gasteiger partial charge >= 0.3 is 6.18 Å². The molecular formula is C9H6ClF3N2. The van der Waals surface area contributed by atoms with Crippen molar-refractivity contribution in [1.82, 2.24) is 0 Å². The van der Waals surface area contributed by atoms with E-state index in [1.165, 1.54) is 0 Å². The van der Waals surface area contributed by atoms with Crippen molar-refractivity contribution in [3.05, 3.63) is 33.8 Å². The van der Waals surface area contributed by atoms with Crippen molar-refractivity contribution in [1.29, 1.82) is 5.26 Å². The van der Waals surface area contributed by atoms with Crippen LogP contribution in [0.5, 0.6) is 0 Å². The SMILES string of the molecule is N#Cc1ccc(C(F)(F)F)c(CN)c1Cl. The second kappa shape index (κ2) is 4.09. The fraction of sp³-hybridized carbons (Fsp3) is 0.222. The van der Waals surface area contributed by atoms with Crippen LogP contribution in [0.2, 0.25) is 5.02 Å². The first-order chi connectivity index (χ1) is 6.91. The van der Waals surface area contributed by atoms with E-state index in [0.29, 0.717) is 0 Å². The second-order valence-electron chi connectivity index (χ2n) is 2.77. The van der Waals surface area contributed by atoms with Crippen LogP contribution in [0.25, 0.3) is 0 Å². The summed E-state index contributed by atoms with van der Waals surface area (Å²) < 4.78 is 37.4. The summed E-state index contributed by atoms with van der Waals surface area (Å²) in [5.41, 5.74) is 4.03. The smallest absolute Gasteiger partial charge is 0.326 e. The molecule has 0 aliphatic heterocycles. The van der Waals surface area contributed by atoms with E-state index in [-0.39, 0.29) is 22.7 Å². The molecule has 80 valence electrons. The minimum Gasteiger partial charge on any atom is -0.326 e. The Morgan fingerprint density at radius 2 is 2.00 bits per heavy atom. The van der Waals surface area contributed by atoms with Gasteiger partial charge in [0, 0.05) is 6.54 Å². The first-order valence-corrected chi connectivity index (χ1v) is 4.28. The summed E-state index contributed by atoms with van der Waals surface area (Å²) in [5, 5.41) is 8.35. The number of hydrogen-bond acceptors (Lipinski definition) is 2. The fourth-order valence-electron chi connectivity index (χ4n) is 1.17. The Labute approximate surface area is 89.1 Å². The Morgan fingerprint density at radius 1 is 1.40 bits per heavy atom. The molecule has 0 saturated heterocycles. The summed E-state index contributed by atoms with van der Waals surface area (Å²) in [6, 6.07) is 3.54. The van der Waals surface area contributed by atoms with E-state index in [1.54, 1.807) is 6.07 Å². The number of benzene rings is 1. The summed E-state index contributed by atoms with van der Waals surface area (Å²) in [4.78, 5) is 0. The Hall–Kier alpha value is -1.25. The molecule has 0 aliphatic rings. The molecule has 1 rings (SSSR count). The molecule has 0 heterocycles. The minimum absolute atomic E-state index is 0.00915. The second-order valence-corrected chi connectivity index (χ2v) is 3.14. The Kier molecular flexibility index (Phi) is 3.22. The largest absolute Gasteiger partial charge is 0.416 e. The Balaban J connectivity index is 3.46. The molecule has 0 aromatic heterocycles. The summed E-state index contributed by atoms with van der Waals surface area (Å²) in [6.07, 6.45) is -4.51. The van der Waals surface area contributed by atoms with Gasteiger partial charge < -0.3 is 5.73 Å². The lowest BCUT2D eigenvalue weighted by Gasteiger charge is -2.13. The molecule has 0 fully saturated rings. The van der Waals surface area contributed by atoms with Crippen LogP contribution in [-0.4, -0.2) is 0 Å².